The van der Waals surface area contributed by atoms with Crippen LogP contribution in [0.1, 0.15) is 60.5 Å². The zero-order valence-electron chi connectivity index (χ0n) is 12.4. The molecule has 1 fully saturated rings. The van der Waals surface area contributed by atoms with Gasteiger partial charge in [0.15, 0.2) is 0 Å². The topological polar surface area (TPSA) is 46.2 Å². The monoisotopic (exact) mass is 273 g/mol. The minimum absolute atomic E-state index is 0.144. The van der Waals surface area contributed by atoms with Crippen molar-refractivity contribution < 1.29 is 9.59 Å². The van der Waals surface area contributed by atoms with E-state index in [1.54, 1.807) is 0 Å². The predicted octanol–water partition coefficient (Wildman–Crippen LogP) is 3.39. The summed E-state index contributed by atoms with van der Waals surface area (Å²) < 4.78 is 0. The van der Waals surface area contributed by atoms with Crippen LogP contribution in [0.5, 0.6) is 0 Å². The van der Waals surface area contributed by atoms with Gasteiger partial charge in [0.05, 0.1) is 0 Å². The fourth-order valence-corrected chi connectivity index (χ4v) is 2.88. The van der Waals surface area contributed by atoms with Gasteiger partial charge in [-0.05, 0) is 37.0 Å². The van der Waals surface area contributed by atoms with Crippen LogP contribution in [-0.4, -0.2) is 12.2 Å². The number of carbonyl (C=O) groups is 2. The van der Waals surface area contributed by atoms with Gasteiger partial charge < -0.3 is 5.32 Å². The maximum absolute atomic E-state index is 12.3. The minimum atomic E-state index is -0.212. The van der Waals surface area contributed by atoms with Gasteiger partial charge in [0.2, 0.25) is 5.91 Å². The van der Waals surface area contributed by atoms with Crippen molar-refractivity contribution in [2.45, 2.75) is 52.5 Å². The van der Waals surface area contributed by atoms with Crippen LogP contribution in [0.4, 0.5) is 0 Å². The number of amides is 1. The van der Waals surface area contributed by atoms with Crippen molar-refractivity contribution in [3.8, 4) is 0 Å². The first kappa shape index (κ1) is 14.8. The van der Waals surface area contributed by atoms with Crippen molar-refractivity contribution in [2.75, 3.05) is 0 Å². The van der Waals surface area contributed by atoms with Crippen molar-refractivity contribution in [1.82, 2.24) is 5.32 Å². The summed E-state index contributed by atoms with van der Waals surface area (Å²) in [6.07, 6.45) is 6.35. The highest BCUT2D eigenvalue weighted by Crippen LogP contribution is 2.35. The maximum Gasteiger partial charge on any atom is 0.226 e. The lowest BCUT2D eigenvalue weighted by molar-refractivity contribution is -0.132. The Morgan fingerprint density at radius 2 is 2.00 bits per heavy atom. The average Bonchev–Trinajstić information content (AvgIpc) is 2.46. The molecule has 2 rings (SSSR count). The van der Waals surface area contributed by atoms with Gasteiger partial charge >= 0.3 is 0 Å². The molecule has 0 aliphatic heterocycles. The molecule has 20 heavy (non-hydrogen) atoms. The van der Waals surface area contributed by atoms with E-state index in [1.165, 1.54) is 6.42 Å². The van der Waals surface area contributed by atoms with E-state index >= 15 is 0 Å². The molecule has 1 aliphatic rings. The molecule has 0 radical (unpaired) electrons. The molecule has 3 nitrogen and oxygen atoms in total. The zero-order chi connectivity index (χ0) is 14.6. The van der Waals surface area contributed by atoms with Crippen molar-refractivity contribution in [2.24, 2.45) is 5.41 Å². The van der Waals surface area contributed by atoms with Crippen LogP contribution in [0.2, 0.25) is 0 Å². The third-order valence-electron chi connectivity index (χ3n) is 4.43. The van der Waals surface area contributed by atoms with E-state index in [2.05, 4.69) is 12.2 Å². The average molecular weight is 273 g/mol. The molecule has 0 saturated heterocycles. The van der Waals surface area contributed by atoms with E-state index in [-0.39, 0.29) is 11.3 Å². The number of aryl methyl sites for hydroxylation is 1. The molecule has 1 saturated carbocycles. The summed E-state index contributed by atoms with van der Waals surface area (Å²) >= 11 is 0. The molecule has 1 amide bonds. The van der Waals surface area contributed by atoms with E-state index in [4.69, 9.17) is 0 Å². The Hall–Kier alpha value is -1.64. The largest absolute Gasteiger partial charge is 0.352 e. The number of carbonyl (C=O) groups excluding carboxylic acids is 2. The minimum Gasteiger partial charge on any atom is -0.352 e. The van der Waals surface area contributed by atoms with Gasteiger partial charge in [-0.15, -0.1) is 0 Å². The number of nitrogens with one attached hydrogen (secondary N) is 1. The van der Waals surface area contributed by atoms with Crippen molar-refractivity contribution in [3.05, 3.63) is 34.9 Å². The molecular weight excluding hydrogens is 250 g/mol. The standard InChI is InChI=1S/C17H23NO2/c1-13-6-7-14(10-15(13)12-19)11-18-16(20)17(2)8-4-3-5-9-17/h6-7,10,12H,3-5,8-9,11H2,1-2H3,(H,18,20). The molecule has 0 bridgehead atoms. The second kappa shape index (κ2) is 6.21. The molecule has 0 aromatic heterocycles. The molecule has 0 spiro atoms. The summed E-state index contributed by atoms with van der Waals surface area (Å²) in [6, 6.07) is 5.74. The highest BCUT2D eigenvalue weighted by atomic mass is 16.2. The first-order chi connectivity index (χ1) is 9.55. The Morgan fingerprint density at radius 3 is 2.65 bits per heavy atom. The van der Waals surface area contributed by atoms with E-state index in [0.29, 0.717) is 12.1 Å². The van der Waals surface area contributed by atoms with Crippen molar-refractivity contribution in [3.63, 3.8) is 0 Å². The predicted molar refractivity (Wildman–Crippen MR) is 79.6 cm³/mol. The lowest BCUT2D eigenvalue weighted by Gasteiger charge is -2.32. The lowest BCUT2D eigenvalue weighted by atomic mass is 9.75. The van der Waals surface area contributed by atoms with Gasteiger partial charge in [-0.3, -0.25) is 9.59 Å². The molecule has 1 N–H and O–H groups in total. The van der Waals surface area contributed by atoms with Crippen LogP contribution >= 0.6 is 0 Å². The summed E-state index contributed by atoms with van der Waals surface area (Å²) in [5.41, 5.74) is 2.43. The third kappa shape index (κ3) is 3.27. The summed E-state index contributed by atoms with van der Waals surface area (Å²) in [6.45, 7) is 4.47. The van der Waals surface area contributed by atoms with Crippen LogP contribution in [-0.2, 0) is 11.3 Å². The van der Waals surface area contributed by atoms with Crippen LogP contribution in [0.25, 0.3) is 0 Å². The number of aldehydes is 1. The molecule has 3 heteroatoms. The van der Waals surface area contributed by atoms with Crippen molar-refractivity contribution in [1.29, 1.82) is 0 Å². The molecule has 0 unspecified atom stereocenters. The summed E-state index contributed by atoms with van der Waals surface area (Å²) in [7, 11) is 0. The van der Waals surface area contributed by atoms with E-state index < -0.39 is 0 Å². The molecule has 0 heterocycles. The Balaban J connectivity index is 1.97. The second-order valence-corrected chi connectivity index (χ2v) is 6.11. The second-order valence-electron chi connectivity index (χ2n) is 6.11. The zero-order valence-corrected chi connectivity index (χ0v) is 12.4. The molecule has 1 aromatic carbocycles. The quantitative estimate of drug-likeness (QED) is 0.855. The Kier molecular flexibility index (Phi) is 4.58. The lowest BCUT2D eigenvalue weighted by Crippen LogP contribution is -2.39. The first-order valence-electron chi connectivity index (χ1n) is 7.38. The number of rotatable bonds is 4. The highest BCUT2D eigenvalue weighted by Gasteiger charge is 2.34. The van der Waals surface area contributed by atoms with E-state index in [1.807, 2.05) is 25.1 Å². The number of benzene rings is 1. The van der Waals surface area contributed by atoms with Crippen LogP contribution < -0.4 is 5.32 Å². The summed E-state index contributed by atoms with van der Waals surface area (Å²) in [4.78, 5) is 23.3. The smallest absolute Gasteiger partial charge is 0.226 e. The van der Waals surface area contributed by atoms with E-state index in [9.17, 15) is 9.59 Å². The van der Waals surface area contributed by atoms with Crippen molar-refractivity contribution >= 4 is 12.2 Å². The Morgan fingerprint density at radius 1 is 1.30 bits per heavy atom. The van der Waals surface area contributed by atoms with Gasteiger partial charge in [0, 0.05) is 17.5 Å². The highest BCUT2D eigenvalue weighted by molar-refractivity contribution is 5.82. The van der Waals surface area contributed by atoms with Gasteiger partial charge in [-0.2, -0.15) is 0 Å². The fourth-order valence-electron chi connectivity index (χ4n) is 2.88. The van der Waals surface area contributed by atoms with E-state index in [0.717, 1.165) is 43.1 Å². The SMILES string of the molecule is Cc1ccc(CNC(=O)C2(C)CCCCC2)cc1C=O. The number of hydrogen-bond donors (Lipinski definition) is 1. The van der Waals surface area contributed by atoms with Gasteiger partial charge in [0.1, 0.15) is 6.29 Å². The number of hydrogen-bond acceptors (Lipinski definition) is 2. The third-order valence-corrected chi connectivity index (χ3v) is 4.43. The van der Waals surface area contributed by atoms with Gasteiger partial charge in [-0.1, -0.05) is 38.3 Å². The Labute approximate surface area is 120 Å². The van der Waals surface area contributed by atoms with Gasteiger partial charge in [-0.25, -0.2) is 0 Å². The molecule has 0 atom stereocenters. The Bertz CT molecular complexity index is 502. The molecule has 1 aliphatic carbocycles. The van der Waals surface area contributed by atoms with Crippen LogP contribution in [0.3, 0.4) is 0 Å². The maximum atomic E-state index is 12.3. The first-order valence-corrected chi connectivity index (χ1v) is 7.38. The summed E-state index contributed by atoms with van der Waals surface area (Å²) in [5.74, 6) is 0.144. The summed E-state index contributed by atoms with van der Waals surface area (Å²) in [5, 5.41) is 3.03. The van der Waals surface area contributed by atoms with Crippen LogP contribution in [0.15, 0.2) is 18.2 Å². The molecule has 108 valence electrons. The fraction of sp³-hybridized carbons (Fsp3) is 0.529. The van der Waals surface area contributed by atoms with Gasteiger partial charge in [0.25, 0.3) is 0 Å². The van der Waals surface area contributed by atoms with Crippen LogP contribution in [0, 0.1) is 12.3 Å². The molecule has 1 aromatic rings. The normalized spacial score (nSPS) is 17.5. The molecular formula is C17H23NO2.